The molecule has 0 atom stereocenters. The number of nitrogens with zero attached hydrogens (tertiary/aromatic N) is 1. The van der Waals surface area contributed by atoms with E-state index in [4.69, 9.17) is 7.85 Å². The molecule has 0 saturated heterocycles. The van der Waals surface area contributed by atoms with Crippen molar-refractivity contribution < 1.29 is 0 Å². The maximum absolute atomic E-state index is 5.85. The van der Waals surface area contributed by atoms with E-state index < -0.39 is 0 Å². The van der Waals surface area contributed by atoms with Gasteiger partial charge in [-0.2, -0.15) is 0 Å². The highest BCUT2D eigenvalue weighted by atomic mass is 15.0. The largest absolute Gasteiger partial charge is 0.316 e. The third-order valence-corrected chi connectivity index (χ3v) is 3.74. The Morgan fingerprint density at radius 3 is 2.55 bits per heavy atom. The topological polar surface area (TPSA) is 4.93 Å². The normalized spacial score (nSPS) is 11.2. The molecule has 1 aromatic heterocycles. The van der Waals surface area contributed by atoms with Gasteiger partial charge in [-0.3, -0.25) is 0 Å². The monoisotopic (exact) mass is 253 g/mol. The van der Waals surface area contributed by atoms with Gasteiger partial charge in [0, 0.05) is 11.6 Å². The highest BCUT2D eigenvalue weighted by Gasteiger charge is 2.06. The van der Waals surface area contributed by atoms with Crippen LogP contribution in [0.2, 0.25) is 0 Å². The maximum atomic E-state index is 5.85. The zero-order chi connectivity index (χ0) is 13.5. The Hall–Kier alpha value is -2.48. The number of benzene rings is 3. The summed E-state index contributed by atoms with van der Waals surface area (Å²) < 4.78 is 2.22. The average Bonchev–Trinajstić information content (AvgIpc) is 2.89. The first-order valence-corrected chi connectivity index (χ1v) is 6.68. The first kappa shape index (κ1) is 11.4. The van der Waals surface area contributed by atoms with Gasteiger partial charge in [-0.1, -0.05) is 54.0 Å². The minimum absolute atomic E-state index is 0.799. The van der Waals surface area contributed by atoms with E-state index >= 15 is 0 Å². The lowest BCUT2D eigenvalue weighted by molar-refractivity contribution is 1.14. The molecule has 0 saturated carbocycles. The van der Waals surface area contributed by atoms with Gasteiger partial charge in [-0.05, 0) is 29.0 Å². The van der Waals surface area contributed by atoms with Crippen LogP contribution in [-0.4, -0.2) is 12.4 Å². The Morgan fingerprint density at radius 1 is 0.750 bits per heavy atom. The van der Waals surface area contributed by atoms with Crippen LogP contribution in [-0.2, 0) is 0 Å². The summed E-state index contributed by atoms with van der Waals surface area (Å²) >= 11 is 0. The van der Waals surface area contributed by atoms with Crippen LogP contribution in [0.5, 0.6) is 0 Å². The molecule has 0 aliphatic carbocycles. The molecule has 0 aliphatic rings. The second kappa shape index (κ2) is 4.27. The van der Waals surface area contributed by atoms with Gasteiger partial charge in [0.2, 0.25) is 0 Å². The lowest BCUT2D eigenvalue weighted by Gasteiger charge is -2.09. The van der Waals surface area contributed by atoms with E-state index in [0.29, 0.717) is 0 Å². The second-order valence-corrected chi connectivity index (χ2v) is 5.00. The van der Waals surface area contributed by atoms with Crippen LogP contribution in [0.1, 0.15) is 0 Å². The SMILES string of the molecule is [B]c1ccc2c(ccn2-c2cccc3ccccc23)c1. The fraction of sp³-hybridized carbons (Fsp3) is 0. The van der Waals surface area contributed by atoms with Gasteiger partial charge in [-0.15, -0.1) is 0 Å². The summed E-state index contributed by atoms with van der Waals surface area (Å²) in [7, 11) is 5.85. The van der Waals surface area contributed by atoms with E-state index in [-0.39, 0.29) is 0 Å². The van der Waals surface area contributed by atoms with Crippen LogP contribution in [0.25, 0.3) is 27.4 Å². The minimum Gasteiger partial charge on any atom is -0.316 e. The molecule has 0 unspecified atom stereocenters. The summed E-state index contributed by atoms with van der Waals surface area (Å²) in [5.74, 6) is 0. The number of aromatic nitrogens is 1. The van der Waals surface area contributed by atoms with E-state index in [1.807, 2.05) is 12.1 Å². The van der Waals surface area contributed by atoms with Crippen LogP contribution in [0.3, 0.4) is 0 Å². The number of rotatable bonds is 1. The van der Waals surface area contributed by atoms with Gasteiger partial charge in [0.15, 0.2) is 0 Å². The Balaban J connectivity index is 2.06. The summed E-state index contributed by atoms with van der Waals surface area (Å²) in [5, 5.41) is 3.67. The molecule has 20 heavy (non-hydrogen) atoms. The Labute approximate surface area is 118 Å². The van der Waals surface area contributed by atoms with Crippen molar-refractivity contribution in [2.45, 2.75) is 0 Å². The molecule has 2 heteroatoms. The van der Waals surface area contributed by atoms with Crippen molar-refractivity contribution in [2.75, 3.05) is 0 Å². The molecule has 4 aromatic rings. The third kappa shape index (κ3) is 1.65. The first-order valence-electron chi connectivity index (χ1n) is 6.68. The highest BCUT2D eigenvalue weighted by molar-refractivity contribution is 6.33. The number of fused-ring (bicyclic) bond motifs is 2. The first-order chi connectivity index (χ1) is 9.83. The molecule has 1 nitrogen and oxygen atoms in total. The van der Waals surface area contributed by atoms with E-state index in [2.05, 4.69) is 65.4 Å². The molecule has 0 spiro atoms. The van der Waals surface area contributed by atoms with Crippen LogP contribution >= 0.6 is 0 Å². The molecule has 3 aromatic carbocycles. The average molecular weight is 253 g/mol. The van der Waals surface area contributed by atoms with E-state index in [9.17, 15) is 0 Å². The molecular weight excluding hydrogens is 241 g/mol. The van der Waals surface area contributed by atoms with Crippen LogP contribution in [0, 0.1) is 0 Å². The van der Waals surface area contributed by atoms with Gasteiger partial charge >= 0.3 is 0 Å². The van der Waals surface area contributed by atoms with Crippen molar-refractivity contribution in [1.82, 2.24) is 4.57 Å². The molecule has 1 heterocycles. The smallest absolute Gasteiger partial charge is 0.113 e. The molecule has 0 bridgehead atoms. The van der Waals surface area contributed by atoms with Gasteiger partial charge < -0.3 is 4.57 Å². The maximum Gasteiger partial charge on any atom is 0.113 e. The summed E-state index contributed by atoms with van der Waals surface area (Å²) in [6.45, 7) is 0. The van der Waals surface area contributed by atoms with Crippen molar-refractivity contribution in [2.24, 2.45) is 0 Å². The van der Waals surface area contributed by atoms with Crippen LogP contribution < -0.4 is 5.46 Å². The molecule has 2 radical (unpaired) electrons. The fourth-order valence-electron chi connectivity index (χ4n) is 2.79. The lowest BCUT2D eigenvalue weighted by Crippen LogP contribution is -2.00. The second-order valence-electron chi connectivity index (χ2n) is 5.00. The van der Waals surface area contributed by atoms with E-state index in [1.54, 1.807) is 0 Å². The van der Waals surface area contributed by atoms with Gasteiger partial charge in [-0.25, -0.2) is 0 Å². The molecule has 92 valence electrons. The highest BCUT2D eigenvalue weighted by Crippen LogP contribution is 2.26. The molecule has 0 amide bonds. The van der Waals surface area contributed by atoms with Crippen molar-refractivity contribution in [3.05, 3.63) is 72.9 Å². The Bertz CT molecular complexity index is 916. The van der Waals surface area contributed by atoms with E-state index in [0.717, 1.165) is 10.8 Å². The lowest BCUT2D eigenvalue weighted by atomic mass is 9.95. The van der Waals surface area contributed by atoms with Crippen molar-refractivity contribution >= 4 is 35.0 Å². The zero-order valence-corrected chi connectivity index (χ0v) is 11.0. The third-order valence-electron chi connectivity index (χ3n) is 3.74. The summed E-state index contributed by atoms with van der Waals surface area (Å²) in [5.41, 5.74) is 3.17. The van der Waals surface area contributed by atoms with Crippen molar-refractivity contribution in [3.8, 4) is 5.69 Å². The molecule has 0 N–H and O–H groups in total. The summed E-state index contributed by atoms with van der Waals surface area (Å²) in [6, 6.07) is 23.0. The Kier molecular flexibility index (Phi) is 2.43. The quantitative estimate of drug-likeness (QED) is 0.457. The number of hydrogen-bond donors (Lipinski definition) is 0. The van der Waals surface area contributed by atoms with Gasteiger partial charge in [0.1, 0.15) is 7.85 Å². The standard InChI is InChI=1S/C18H12BN/c19-15-8-9-17-14(12-15)10-11-20(17)18-7-3-5-13-4-1-2-6-16(13)18/h1-12H. The number of hydrogen-bond acceptors (Lipinski definition) is 0. The molecule has 0 fully saturated rings. The van der Waals surface area contributed by atoms with Gasteiger partial charge in [0.05, 0.1) is 11.2 Å². The zero-order valence-electron chi connectivity index (χ0n) is 11.0. The predicted octanol–water partition coefficient (Wildman–Crippen LogP) is 3.58. The molecular formula is C18H12BN. The van der Waals surface area contributed by atoms with Crippen LogP contribution in [0.15, 0.2) is 72.9 Å². The van der Waals surface area contributed by atoms with Crippen LogP contribution in [0.4, 0.5) is 0 Å². The summed E-state index contributed by atoms with van der Waals surface area (Å²) in [6.07, 6.45) is 2.10. The predicted molar refractivity (Wildman–Crippen MR) is 86.2 cm³/mol. The molecule has 0 aliphatic heterocycles. The van der Waals surface area contributed by atoms with Gasteiger partial charge in [0.25, 0.3) is 0 Å². The molecule has 4 rings (SSSR count). The summed E-state index contributed by atoms with van der Waals surface area (Å²) in [4.78, 5) is 0. The van der Waals surface area contributed by atoms with E-state index in [1.165, 1.54) is 22.0 Å². The minimum atomic E-state index is 0.799. The fourth-order valence-corrected chi connectivity index (χ4v) is 2.79. The van der Waals surface area contributed by atoms with Crippen molar-refractivity contribution in [3.63, 3.8) is 0 Å². The Morgan fingerprint density at radius 2 is 1.60 bits per heavy atom. The van der Waals surface area contributed by atoms with Crippen molar-refractivity contribution in [1.29, 1.82) is 0 Å².